The van der Waals surface area contributed by atoms with E-state index in [9.17, 15) is 25.2 Å². The van der Waals surface area contributed by atoms with Gasteiger partial charge in [-0.3, -0.25) is 4.79 Å². The summed E-state index contributed by atoms with van der Waals surface area (Å²) in [6.07, 6.45) is -7.75. The molecule has 0 spiro atoms. The second-order valence-corrected chi connectivity index (χ2v) is 10.6. The van der Waals surface area contributed by atoms with Crippen molar-refractivity contribution in [1.29, 1.82) is 0 Å². The molecule has 0 bridgehead atoms. The molecule has 216 valence electrons. The molecule has 15 nitrogen and oxygen atoms in total. The molecule has 20 N–H and O–H groups in total. The van der Waals surface area contributed by atoms with E-state index < -0.39 is 79.3 Å². The molecular formula is C22H49N6O9+5. The molecule has 2 saturated heterocycles. The second kappa shape index (κ2) is 13.3. The Morgan fingerprint density at radius 1 is 0.973 bits per heavy atom. The smallest absolute Gasteiger partial charge is 0.249 e. The quantitative estimate of drug-likeness (QED) is 0.132. The van der Waals surface area contributed by atoms with Crippen molar-refractivity contribution in [3.8, 4) is 0 Å². The molecule has 37 heavy (non-hydrogen) atoms. The summed E-state index contributed by atoms with van der Waals surface area (Å²) in [5.41, 5.74) is 19.7. The number of quaternary nitrogens is 5. The molecule has 1 saturated carbocycles. The van der Waals surface area contributed by atoms with Crippen molar-refractivity contribution in [3.05, 3.63) is 0 Å². The van der Waals surface area contributed by atoms with Crippen LogP contribution in [0.15, 0.2) is 0 Å². The van der Waals surface area contributed by atoms with E-state index in [2.05, 4.69) is 34.0 Å². The molecule has 0 aromatic rings. The van der Waals surface area contributed by atoms with Gasteiger partial charge in [0.25, 0.3) is 0 Å². The lowest BCUT2D eigenvalue weighted by Gasteiger charge is -2.46. The molecule has 0 unspecified atom stereocenters. The van der Waals surface area contributed by atoms with E-state index >= 15 is 0 Å². The number of carbonyl (C=O) groups excluding carboxylic acids is 1. The highest BCUT2D eigenvalue weighted by Gasteiger charge is 2.53. The van der Waals surface area contributed by atoms with Gasteiger partial charge in [0.15, 0.2) is 6.29 Å². The highest BCUT2D eigenvalue weighted by Crippen LogP contribution is 2.31. The molecule has 0 aromatic carbocycles. The predicted molar refractivity (Wildman–Crippen MR) is 123 cm³/mol. The third-order valence-corrected chi connectivity index (χ3v) is 7.70. The minimum atomic E-state index is -1.43. The molecular weight excluding hydrogens is 492 g/mol. The Bertz CT molecular complexity index is 741. The maximum Gasteiger partial charge on any atom is 0.249 e. The van der Waals surface area contributed by atoms with Gasteiger partial charge in [0.2, 0.25) is 12.2 Å². The molecule has 1 amide bonds. The summed E-state index contributed by atoms with van der Waals surface area (Å²) in [4.78, 5) is 12.5. The fraction of sp³-hybridized carbons (Fsp3) is 0.955. The molecule has 3 aliphatic rings. The first-order valence-corrected chi connectivity index (χ1v) is 13.2. The predicted octanol–water partition coefficient (Wildman–Crippen LogP) is -8.96. The largest absolute Gasteiger partial charge is 0.388 e. The van der Waals surface area contributed by atoms with Crippen LogP contribution in [0, 0.1) is 0 Å². The van der Waals surface area contributed by atoms with E-state index in [-0.39, 0.29) is 25.0 Å². The summed E-state index contributed by atoms with van der Waals surface area (Å²) in [6.45, 7) is 2.64. The van der Waals surface area contributed by atoms with Crippen LogP contribution in [0.1, 0.15) is 32.6 Å². The number of rotatable bonds is 9. The number of hydrogen-bond donors (Lipinski definition) is 10. The fourth-order valence-electron chi connectivity index (χ4n) is 5.15. The van der Waals surface area contributed by atoms with Crippen molar-refractivity contribution in [2.45, 2.75) is 118 Å². The monoisotopic (exact) mass is 541 g/mol. The van der Waals surface area contributed by atoms with Crippen molar-refractivity contribution < 1.29 is 72.8 Å². The van der Waals surface area contributed by atoms with E-state index in [1.165, 1.54) is 0 Å². The summed E-state index contributed by atoms with van der Waals surface area (Å²) < 4.78 is 24.2. The van der Waals surface area contributed by atoms with Crippen molar-refractivity contribution in [2.24, 2.45) is 0 Å². The van der Waals surface area contributed by atoms with Crippen LogP contribution < -0.4 is 34.0 Å². The molecule has 0 aromatic heterocycles. The van der Waals surface area contributed by atoms with Gasteiger partial charge in [-0.25, -0.2) is 0 Å². The van der Waals surface area contributed by atoms with E-state index in [4.69, 9.17) is 18.9 Å². The van der Waals surface area contributed by atoms with Crippen molar-refractivity contribution in [1.82, 2.24) is 5.32 Å². The van der Waals surface area contributed by atoms with Crippen molar-refractivity contribution in [3.63, 3.8) is 0 Å². The molecule has 2 heterocycles. The second-order valence-electron chi connectivity index (χ2n) is 10.6. The van der Waals surface area contributed by atoms with E-state index in [0.717, 1.165) is 12.8 Å². The average molecular weight is 542 g/mol. The lowest BCUT2D eigenvalue weighted by molar-refractivity contribution is -0.510. The summed E-state index contributed by atoms with van der Waals surface area (Å²) in [5.74, 6) is -0.636. The van der Waals surface area contributed by atoms with Crippen LogP contribution in [-0.2, 0) is 23.7 Å². The number of aliphatic hydroxyl groups is 4. The third kappa shape index (κ3) is 7.13. The fourth-order valence-corrected chi connectivity index (χ4v) is 5.15. The van der Waals surface area contributed by atoms with Crippen LogP contribution >= 0.6 is 0 Å². The highest BCUT2D eigenvalue weighted by molar-refractivity contribution is 5.80. The van der Waals surface area contributed by atoms with Crippen LogP contribution in [0.5, 0.6) is 0 Å². The van der Waals surface area contributed by atoms with Crippen molar-refractivity contribution >= 4 is 5.91 Å². The number of aliphatic hydroxyl groups excluding tert-OH is 4. The van der Waals surface area contributed by atoms with Crippen LogP contribution in [-0.4, -0.2) is 125 Å². The number of ether oxygens (including phenoxy) is 4. The SMILES string of the molecule is C[C@H]1O[C@@H](O[C@@H]2[C@@H](O)[C@H](NC(=O)[C@@H](O)CC[NH3+])C[C@H]([NH3+])[C@H]2O[C@H]2O[C@H](C[NH3+])CC[C@H]2[NH3+])[C@H](O)[C@@H](O)[C@@H]1[NH3+]. The Kier molecular flexibility index (Phi) is 11.0. The summed E-state index contributed by atoms with van der Waals surface area (Å²) in [5, 5.41) is 45.2. The third-order valence-electron chi connectivity index (χ3n) is 7.70. The van der Waals surface area contributed by atoms with Gasteiger partial charge < -0.3 is 73.4 Å². The Hall–Kier alpha value is -1.05. The maximum atomic E-state index is 12.5. The zero-order valence-electron chi connectivity index (χ0n) is 21.7. The highest BCUT2D eigenvalue weighted by atomic mass is 16.7. The lowest BCUT2D eigenvalue weighted by atomic mass is 9.83. The molecule has 0 radical (unpaired) electrons. The van der Waals surface area contributed by atoms with Gasteiger partial charge in [-0.05, 0) is 13.3 Å². The first kappa shape index (κ1) is 30.5. The topological polar surface area (TPSA) is 285 Å². The number of hydrogen-bond acceptors (Lipinski definition) is 9. The van der Waals surface area contributed by atoms with Gasteiger partial charge in [0.1, 0.15) is 73.5 Å². The van der Waals surface area contributed by atoms with Gasteiger partial charge >= 0.3 is 0 Å². The number of nitrogens with one attached hydrogen (secondary N) is 1. The molecule has 15 heteroatoms. The van der Waals surface area contributed by atoms with Gasteiger partial charge in [-0.15, -0.1) is 0 Å². The summed E-state index contributed by atoms with van der Waals surface area (Å²) in [6, 6.07) is -2.06. The van der Waals surface area contributed by atoms with Gasteiger partial charge in [-0.1, -0.05) is 0 Å². The van der Waals surface area contributed by atoms with Crippen molar-refractivity contribution in [2.75, 3.05) is 13.1 Å². The molecule has 2 aliphatic heterocycles. The Morgan fingerprint density at radius 3 is 2.30 bits per heavy atom. The van der Waals surface area contributed by atoms with E-state index in [0.29, 0.717) is 13.1 Å². The Morgan fingerprint density at radius 2 is 1.65 bits per heavy atom. The minimum absolute atomic E-state index is 0.0887. The van der Waals surface area contributed by atoms with Gasteiger partial charge in [0, 0.05) is 19.3 Å². The molecule has 3 fully saturated rings. The van der Waals surface area contributed by atoms with Gasteiger partial charge in [-0.2, -0.15) is 0 Å². The maximum absolute atomic E-state index is 12.5. The Balaban J connectivity index is 1.82. The minimum Gasteiger partial charge on any atom is -0.388 e. The lowest BCUT2D eigenvalue weighted by Crippen LogP contribution is -2.80. The van der Waals surface area contributed by atoms with E-state index in [1.54, 1.807) is 6.92 Å². The molecule has 1 aliphatic carbocycles. The Labute approximate surface area is 215 Å². The summed E-state index contributed by atoms with van der Waals surface area (Å²) >= 11 is 0. The summed E-state index contributed by atoms with van der Waals surface area (Å²) in [7, 11) is 0. The molecule has 3 rings (SSSR count). The average Bonchev–Trinajstić information content (AvgIpc) is 2.87. The first-order chi connectivity index (χ1) is 17.5. The van der Waals surface area contributed by atoms with Crippen LogP contribution in [0.2, 0.25) is 0 Å². The van der Waals surface area contributed by atoms with Crippen LogP contribution in [0.25, 0.3) is 0 Å². The zero-order valence-corrected chi connectivity index (χ0v) is 21.7. The zero-order chi connectivity index (χ0) is 27.4. The van der Waals surface area contributed by atoms with E-state index in [1.807, 2.05) is 0 Å². The van der Waals surface area contributed by atoms with Crippen LogP contribution in [0.3, 0.4) is 0 Å². The van der Waals surface area contributed by atoms with Crippen LogP contribution in [0.4, 0.5) is 0 Å². The van der Waals surface area contributed by atoms with Gasteiger partial charge in [0.05, 0.1) is 12.6 Å². The first-order valence-electron chi connectivity index (χ1n) is 13.2. The molecule has 14 atom stereocenters. The number of carbonyl (C=O) groups is 1. The number of amides is 1. The standard InChI is InChI=1S/C22H44N6O9/c1-8-14(27)16(31)17(32)22(34-8)37-19-15(30)12(28-20(33)13(29)4-5-23)6-11(26)18(19)36-21-10(25)3-2-9(7-24)35-21/h8-19,21-22,29-32H,2-7,23-27H2,1H3,(H,28,33)/p+5/t8-,9+,10-,11+,12-,13+,14-,15+,16+,17-,18-,19-,21-,22+/m1/s1. The normalized spacial score (nSPS) is 45.8.